The molecule has 3 aromatic rings. The van der Waals surface area contributed by atoms with Crippen molar-refractivity contribution >= 4 is 87.3 Å². The summed E-state index contributed by atoms with van der Waals surface area (Å²) in [4.78, 5) is 38.2. The Morgan fingerprint density at radius 3 is 2.15 bits per heavy atom. The molecule has 1 saturated carbocycles. The minimum Gasteiger partial charge on any atom is -0.410 e. The number of carbonyl (C=O) groups excluding carboxylic acids is 3. The predicted molar refractivity (Wildman–Crippen MR) is 161 cm³/mol. The Balaban J connectivity index is 1.45. The summed E-state index contributed by atoms with van der Waals surface area (Å²) in [5, 5.41) is 9.11. The molecule has 1 aliphatic rings. The summed E-state index contributed by atoms with van der Waals surface area (Å²) in [6.45, 7) is 5.47. The van der Waals surface area contributed by atoms with Crippen LogP contribution in [0, 0.1) is 5.92 Å². The molecular formula is C28H24Cl5N3O4. The molecule has 0 spiro atoms. The minimum absolute atomic E-state index is 0.105. The summed E-state index contributed by atoms with van der Waals surface area (Å²) in [6.07, 6.45) is -0.628. The van der Waals surface area contributed by atoms with E-state index < -0.39 is 39.6 Å². The topological polar surface area (TPSA) is 96.5 Å². The third-order valence-electron chi connectivity index (χ3n) is 5.84. The molecule has 1 aliphatic carbocycles. The van der Waals surface area contributed by atoms with Crippen molar-refractivity contribution in [3.63, 3.8) is 0 Å². The van der Waals surface area contributed by atoms with Gasteiger partial charge in [0.05, 0.1) is 16.5 Å². The molecule has 0 radical (unpaired) electrons. The Bertz CT molecular complexity index is 1470. The van der Waals surface area contributed by atoms with Crippen molar-refractivity contribution in [1.29, 1.82) is 0 Å². The largest absolute Gasteiger partial charge is 0.413 e. The zero-order chi connectivity index (χ0) is 29.4. The highest BCUT2D eigenvalue weighted by Gasteiger charge is 2.67. The third-order valence-corrected chi connectivity index (χ3v) is 7.54. The lowest BCUT2D eigenvalue weighted by atomic mass is 10.1. The van der Waals surface area contributed by atoms with Gasteiger partial charge in [0.25, 0.3) is 5.91 Å². The molecule has 3 amide bonds. The van der Waals surface area contributed by atoms with Gasteiger partial charge >= 0.3 is 6.09 Å². The van der Waals surface area contributed by atoms with Crippen LogP contribution in [0.3, 0.4) is 0 Å². The van der Waals surface area contributed by atoms with Gasteiger partial charge in [0, 0.05) is 38.9 Å². The van der Waals surface area contributed by atoms with Crippen LogP contribution in [-0.4, -0.2) is 27.8 Å². The Hall–Kier alpha value is -2.68. The van der Waals surface area contributed by atoms with Gasteiger partial charge in [0.15, 0.2) is 0 Å². The van der Waals surface area contributed by atoms with E-state index in [0.717, 1.165) is 0 Å². The fourth-order valence-electron chi connectivity index (χ4n) is 4.09. The van der Waals surface area contributed by atoms with Gasteiger partial charge in [-0.25, -0.2) is 4.79 Å². The van der Waals surface area contributed by atoms with Crippen LogP contribution < -0.4 is 20.7 Å². The standard InChI is InChI=1S/C28H24Cl5N3O4/c1-27(2,3)36-26(39)40-19-6-4-5-17(12-19)34-24(37)20-13-18(7-8-21(20)31)35-25(38)23-22(28(23,32)33)14-9-15(29)11-16(30)10-14/h4-13,22-23H,1-3H3,(H,34,37)(H,35,38)(H,36,39). The Labute approximate surface area is 256 Å². The van der Waals surface area contributed by atoms with Crippen molar-refractivity contribution in [2.75, 3.05) is 10.6 Å². The van der Waals surface area contributed by atoms with Crippen LogP contribution >= 0.6 is 58.0 Å². The minimum atomic E-state index is -1.36. The summed E-state index contributed by atoms with van der Waals surface area (Å²) < 4.78 is 3.93. The number of halogens is 5. The molecule has 210 valence electrons. The first kappa shape index (κ1) is 30.3. The van der Waals surface area contributed by atoms with Gasteiger partial charge in [0.2, 0.25) is 5.91 Å². The van der Waals surface area contributed by atoms with Gasteiger partial charge in [0.1, 0.15) is 10.1 Å². The summed E-state index contributed by atoms with van der Waals surface area (Å²) >= 11 is 31.4. The van der Waals surface area contributed by atoms with Crippen LogP contribution in [0.15, 0.2) is 60.7 Å². The molecule has 0 aromatic heterocycles. The first-order valence-electron chi connectivity index (χ1n) is 12.0. The van der Waals surface area contributed by atoms with Crippen LogP contribution in [0.2, 0.25) is 15.1 Å². The molecule has 7 nitrogen and oxygen atoms in total. The van der Waals surface area contributed by atoms with Crippen LogP contribution in [0.4, 0.5) is 16.2 Å². The van der Waals surface area contributed by atoms with Crippen molar-refractivity contribution < 1.29 is 19.1 Å². The summed E-state index contributed by atoms with van der Waals surface area (Å²) in [5.74, 6) is -2.06. The first-order chi connectivity index (χ1) is 18.6. The third kappa shape index (κ3) is 7.33. The molecule has 40 heavy (non-hydrogen) atoms. The van der Waals surface area contributed by atoms with Crippen LogP contribution in [0.5, 0.6) is 5.75 Å². The summed E-state index contributed by atoms with van der Waals surface area (Å²) in [6, 6.07) is 15.7. The summed E-state index contributed by atoms with van der Waals surface area (Å²) in [7, 11) is 0. The van der Waals surface area contributed by atoms with Crippen LogP contribution in [0.1, 0.15) is 42.6 Å². The Kier molecular flexibility index (Phi) is 8.83. The van der Waals surface area contributed by atoms with Crippen molar-refractivity contribution in [3.8, 4) is 5.75 Å². The lowest BCUT2D eigenvalue weighted by molar-refractivity contribution is -0.117. The highest BCUT2D eigenvalue weighted by molar-refractivity contribution is 6.53. The molecule has 2 unspecified atom stereocenters. The fraction of sp³-hybridized carbons (Fsp3) is 0.250. The van der Waals surface area contributed by atoms with E-state index in [9.17, 15) is 14.4 Å². The maximum absolute atomic E-state index is 13.1. The second-order valence-electron chi connectivity index (χ2n) is 10.3. The lowest BCUT2D eigenvalue weighted by Gasteiger charge is -2.19. The van der Waals surface area contributed by atoms with E-state index in [1.807, 2.05) is 20.8 Å². The predicted octanol–water partition coefficient (Wildman–Crippen LogP) is 8.31. The number of rotatable bonds is 6. The molecule has 0 saturated heterocycles. The van der Waals surface area contributed by atoms with Gasteiger partial charge in [-0.05, 0) is 74.9 Å². The molecule has 3 N–H and O–H groups in total. The van der Waals surface area contributed by atoms with Crippen LogP contribution in [0.25, 0.3) is 0 Å². The maximum Gasteiger partial charge on any atom is 0.413 e. The number of benzene rings is 3. The SMILES string of the molecule is CC(C)(C)NC(=O)Oc1cccc(NC(=O)c2cc(NC(=O)C3C(c4cc(Cl)cc(Cl)c4)C3(Cl)Cl)ccc2Cl)c1. The van der Waals surface area contributed by atoms with E-state index in [1.165, 1.54) is 18.2 Å². The number of hydrogen-bond acceptors (Lipinski definition) is 4. The number of anilines is 2. The molecule has 3 aromatic carbocycles. The molecule has 0 bridgehead atoms. The van der Waals surface area contributed by atoms with E-state index in [4.69, 9.17) is 62.7 Å². The van der Waals surface area contributed by atoms with E-state index in [0.29, 0.717) is 27.0 Å². The smallest absolute Gasteiger partial charge is 0.410 e. The second kappa shape index (κ2) is 11.7. The number of ether oxygens (including phenoxy) is 1. The van der Waals surface area contributed by atoms with Gasteiger partial charge in [-0.3, -0.25) is 9.59 Å². The van der Waals surface area contributed by atoms with Crippen LogP contribution in [-0.2, 0) is 4.79 Å². The fourth-order valence-corrected chi connectivity index (χ4v) is 5.67. The highest BCUT2D eigenvalue weighted by atomic mass is 35.5. The molecule has 12 heteroatoms. The van der Waals surface area contributed by atoms with E-state index in [1.54, 1.807) is 42.5 Å². The van der Waals surface area contributed by atoms with Gasteiger partial charge < -0.3 is 20.7 Å². The molecular weight excluding hydrogens is 620 g/mol. The van der Waals surface area contributed by atoms with Gasteiger partial charge in [-0.15, -0.1) is 23.2 Å². The van der Waals surface area contributed by atoms with E-state index in [-0.39, 0.29) is 16.3 Å². The zero-order valence-corrected chi connectivity index (χ0v) is 25.2. The molecule has 1 fully saturated rings. The highest BCUT2D eigenvalue weighted by Crippen LogP contribution is 2.65. The second-order valence-corrected chi connectivity index (χ2v) is 13.0. The van der Waals surface area contributed by atoms with Crippen molar-refractivity contribution in [2.45, 2.75) is 36.6 Å². The molecule has 4 rings (SSSR count). The number of carbonyl (C=O) groups is 3. The molecule has 0 heterocycles. The van der Waals surface area contributed by atoms with Gasteiger partial charge in [-0.2, -0.15) is 0 Å². The maximum atomic E-state index is 13.1. The normalized spacial score (nSPS) is 17.5. The first-order valence-corrected chi connectivity index (χ1v) is 13.9. The average molecular weight is 644 g/mol. The quantitative estimate of drug-likeness (QED) is 0.236. The number of alkyl halides is 2. The lowest BCUT2D eigenvalue weighted by Crippen LogP contribution is -2.42. The number of nitrogens with one attached hydrogen (secondary N) is 3. The zero-order valence-electron chi connectivity index (χ0n) is 21.5. The molecule has 2 atom stereocenters. The molecule has 0 aliphatic heterocycles. The Morgan fingerprint density at radius 1 is 0.850 bits per heavy atom. The van der Waals surface area contributed by atoms with Crippen molar-refractivity contribution in [3.05, 3.63) is 86.9 Å². The number of hydrogen-bond donors (Lipinski definition) is 3. The van der Waals surface area contributed by atoms with E-state index >= 15 is 0 Å². The van der Waals surface area contributed by atoms with Crippen molar-refractivity contribution in [1.82, 2.24) is 5.32 Å². The van der Waals surface area contributed by atoms with Crippen molar-refractivity contribution in [2.24, 2.45) is 5.92 Å². The Morgan fingerprint density at radius 2 is 1.50 bits per heavy atom. The summed E-state index contributed by atoms with van der Waals surface area (Å²) in [5.41, 5.74) is 0.952. The van der Waals surface area contributed by atoms with Gasteiger partial charge in [-0.1, -0.05) is 40.9 Å². The van der Waals surface area contributed by atoms with E-state index in [2.05, 4.69) is 16.0 Å². The number of amides is 3. The average Bonchev–Trinajstić information content (AvgIpc) is 3.40. The monoisotopic (exact) mass is 641 g/mol.